The number of piperazine rings is 1. The molecule has 0 unspecified atom stereocenters. The van der Waals surface area contributed by atoms with Gasteiger partial charge < -0.3 is 16.0 Å². The van der Waals surface area contributed by atoms with E-state index in [1.165, 1.54) is 0 Å². The largest absolute Gasteiger partial charge is 0.392 e. The Morgan fingerprint density at radius 2 is 1.88 bits per heavy atom. The van der Waals surface area contributed by atoms with Crippen molar-refractivity contribution in [2.24, 2.45) is 5.73 Å². The number of carbonyl (C=O) groups is 1. The first-order valence-corrected chi connectivity index (χ1v) is 6.46. The minimum atomic E-state index is 0.122. The molecule has 1 amide bonds. The maximum absolute atomic E-state index is 11.1. The number of thiocarbonyl (C=S) groups is 1. The number of hydrogen-bond donors (Lipinski definition) is 2. The lowest BCUT2D eigenvalue weighted by atomic mass is 10.2. The molecule has 6 heteroatoms. The quantitative estimate of drug-likeness (QED) is 0.624. The molecule has 0 bridgehead atoms. The van der Waals surface area contributed by atoms with E-state index in [1.54, 1.807) is 7.05 Å². The summed E-state index contributed by atoms with van der Waals surface area (Å²) in [5.41, 5.74) is 5.52. The molecule has 3 N–H and O–H groups in total. The highest BCUT2D eigenvalue weighted by Crippen LogP contribution is 2.03. The van der Waals surface area contributed by atoms with Crippen LogP contribution in [-0.2, 0) is 4.79 Å². The fourth-order valence-corrected chi connectivity index (χ4v) is 2.16. The normalized spacial score (nSPS) is 17.9. The van der Waals surface area contributed by atoms with E-state index in [9.17, 15) is 4.79 Å². The van der Waals surface area contributed by atoms with Gasteiger partial charge in [-0.15, -0.1) is 0 Å². The summed E-state index contributed by atoms with van der Waals surface area (Å²) in [6, 6.07) is 0. The van der Waals surface area contributed by atoms with Crippen molar-refractivity contribution in [2.45, 2.75) is 12.8 Å². The molecule has 5 nitrogen and oxygen atoms in total. The number of nitrogens with zero attached hydrogens (tertiary/aromatic N) is 2. The van der Waals surface area contributed by atoms with Crippen LogP contribution in [0.4, 0.5) is 0 Å². The maximum atomic E-state index is 11.1. The fourth-order valence-electron chi connectivity index (χ4n) is 1.98. The molecule has 0 radical (unpaired) electrons. The van der Waals surface area contributed by atoms with Gasteiger partial charge in [0.1, 0.15) is 0 Å². The Kier molecular flexibility index (Phi) is 6.39. The summed E-state index contributed by atoms with van der Waals surface area (Å²) in [6.45, 7) is 5.82. The lowest BCUT2D eigenvalue weighted by Crippen LogP contribution is -2.48. The Labute approximate surface area is 108 Å². The number of carbonyl (C=O) groups excluding carboxylic acids is 1. The molecule has 0 aromatic heterocycles. The predicted octanol–water partition coefficient (Wildman–Crippen LogP) is -0.584. The van der Waals surface area contributed by atoms with E-state index in [1.807, 2.05) is 0 Å². The van der Waals surface area contributed by atoms with Gasteiger partial charge >= 0.3 is 0 Å². The van der Waals surface area contributed by atoms with Crippen LogP contribution in [0.1, 0.15) is 12.8 Å². The van der Waals surface area contributed by atoms with Gasteiger partial charge in [0, 0.05) is 46.2 Å². The van der Waals surface area contributed by atoms with Gasteiger partial charge in [-0.1, -0.05) is 12.2 Å². The Morgan fingerprint density at radius 3 is 2.41 bits per heavy atom. The van der Waals surface area contributed by atoms with E-state index in [4.69, 9.17) is 18.0 Å². The third-order valence-corrected chi connectivity index (χ3v) is 3.13. The first-order chi connectivity index (χ1) is 8.11. The molecule has 1 rings (SSSR count). The minimum absolute atomic E-state index is 0.122. The first kappa shape index (κ1) is 14.3. The number of rotatable bonds is 6. The highest BCUT2D eigenvalue weighted by Gasteiger charge is 2.16. The summed E-state index contributed by atoms with van der Waals surface area (Å²) >= 11 is 4.90. The van der Waals surface area contributed by atoms with Crippen LogP contribution in [-0.4, -0.2) is 67.0 Å². The molecule has 0 aliphatic carbocycles. The molecule has 1 fully saturated rings. The highest BCUT2D eigenvalue weighted by molar-refractivity contribution is 7.80. The summed E-state index contributed by atoms with van der Waals surface area (Å²) in [5.74, 6) is 0.122. The molecule has 0 aromatic rings. The van der Waals surface area contributed by atoms with Crippen molar-refractivity contribution in [3.63, 3.8) is 0 Å². The molecular formula is C11H22N4OS. The standard InChI is InChI=1S/C11H22N4OS/c1-13-11(16)3-2-4-14-5-7-15(8-6-14)9-10(12)17/h2-9H2,1H3,(H2,12,17)(H,13,16). The van der Waals surface area contributed by atoms with E-state index in [-0.39, 0.29) is 5.91 Å². The Balaban J connectivity index is 2.10. The number of nitrogens with two attached hydrogens (primary N) is 1. The van der Waals surface area contributed by atoms with Crippen LogP contribution in [0.15, 0.2) is 0 Å². The molecule has 0 aromatic carbocycles. The second-order valence-electron chi connectivity index (χ2n) is 4.36. The Morgan fingerprint density at radius 1 is 1.29 bits per heavy atom. The lowest BCUT2D eigenvalue weighted by molar-refractivity contribution is -0.120. The van der Waals surface area contributed by atoms with E-state index in [0.29, 0.717) is 11.4 Å². The second-order valence-corrected chi connectivity index (χ2v) is 4.89. The van der Waals surface area contributed by atoms with Gasteiger partial charge in [-0.25, -0.2) is 0 Å². The summed E-state index contributed by atoms with van der Waals surface area (Å²) in [6.07, 6.45) is 1.54. The highest BCUT2D eigenvalue weighted by atomic mass is 32.1. The van der Waals surface area contributed by atoms with Crippen molar-refractivity contribution < 1.29 is 4.79 Å². The van der Waals surface area contributed by atoms with Gasteiger partial charge in [0.15, 0.2) is 0 Å². The molecule has 1 heterocycles. The number of nitrogens with one attached hydrogen (secondary N) is 1. The van der Waals surface area contributed by atoms with E-state index >= 15 is 0 Å². The van der Waals surface area contributed by atoms with E-state index in [0.717, 1.165) is 45.7 Å². The van der Waals surface area contributed by atoms with Crippen LogP contribution < -0.4 is 11.1 Å². The van der Waals surface area contributed by atoms with Gasteiger partial charge in [0.25, 0.3) is 0 Å². The number of hydrogen-bond acceptors (Lipinski definition) is 4. The molecule has 17 heavy (non-hydrogen) atoms. The van der Waals surface area contributed by atoms with Crippen LogP contribution in [0.3, 0.4) is 0 Å². The molecule has 1 saturated heterocycles. The predicted molar refractivity (Wildman–Crippen MR) is 73.0 cm³/mol. The molecule has 1 aliphatic heterocycles. The van der Waals surface area contributed by atoms with Crippen molar-refractivity contribution in [2.75, 3.05) is 46.3 Å². The third kappa shape index (κ3) is 5.95. The Hall–Kier alpha value is -0.720. The van der Waals surface area contributed by atoms with Crippen LogP contribution in [0.5, 0.6) is 0 Å². The first-order valence-electron chi connectivity index (χ1n) is 6.05. The summed E-state index contributed by atoms with van der Waals surface area (Å²) in [7, 11) is 1.68. The minimum Gasteiger partial charge on any atom is -0.392 e. The zero-order valence-corrected chi connectivity index (χ0v) is 11.3. The Bertz CT molecular complexity index is 264. The average molecular weight is 258 g/mol. The third-order valence-electron chi connectivity index (χ3n) is 3.00. The molecule has 0 spiro atoms. The summed E-state index contributed by atoms with van der Waals surface area (Å²) in [5, 5.41) is 2.64. The van der Waals surface area contributed by atoms with E-state index < -0.39 is 0 Å². The van der Waals surface area contributed by atoms with Crippen molar-refractivity contribution in [1.82, 2.24) is 15.1 Å². The van der Waals surface area contributed by atoms with Gasteiger partial charge in [-0.2, -0.15) is 0 Å². The van der Waals surface area contributed by atoms with Crippen molar-refractivity contribution in [1.29, 1.82) is 0 Å². The fraction of sp³-hybridized carbons (Fsp3) is 0.818. The topological polar surface area (TPSA) is 61.6 Å². The summed E-state index contributed by atoms with van der Waals surface area (Å²) < 4.78 is 0. The zero-order valence-electron chi connectivity index (χ0n) is 10.4. The van der Waals surface area contributed by atoms with E-state index in [2.05, 4.69) is 15.1 Å². The average Bonchev–Trinajstić information content (AvgIpc) is 2.30. The maximum Gasteiger partial charge on any atom is 0.219 e. The van der Waals surface area contributed by atoms with Crippen molar-refractivity contribution >= 4 is 23.1 Å². The van der Waals surface area contributed by atoms with Crippen LogP contribution in [0, 0.1) is 0 Å². The van der Waals surface area contributed by atoms with Gasteiger partial charge in [0.2, 0.25) is 5.91 Å². The van der Waals surface area contributed by atoms with Crippen LogP contribution in [0.25, 0.3) is 0 Å². The zero-order chi connectivity index (χ0) is 12.7. The monoisotopic (exact) mass is 258 g/mol. The van der Waals surface area contributed by atoms with Crippen molar-refractivity contribution in [3.05, 3.63) is 0 Å². The molecular weight excluding hydrogens is 236 g/mol. The molecule has 0 saturated carbocycles. The SMILES string of the molecule is CNC(=O)CCCN1CCN(CC(N)=S)CC1. The summed E-state index contributed by atoms with van der Waals surface area (Å²) in [4.78, 5) is 16.3. The molecule has 1 aliphatic rings. The van der Waals surface area contributed by atoms with Crippen LogP contribution >= 0.6 is 12.2 Å². The van der Waals surface area contributed by atoms with Gasteiger partial charge in [-0.05, 0) is 13.0 Å². The van der Waals surface area contributed by atoms with Gasteiger partial charge in [0.05, 0.1) is 4.99 Å². The van der Waals surface area contributed by atoms with Crippen molar-refractivity contribution in [3.8, 4) is 0 Å². The number of amides is 1. The lowest BCUT2D eigenvalue weighted by Gasteiger charge is -2.34. The molecule has 0 atom stereocenters. The molecule has 98 valence electrons. The second kappa shape index (κ2) is 7.58. The van der Waals surface area contributed by atoms with Gasteiger partial charge in [-0.3, -0.25) is 9.69 Å². The smallest absolute Gasteiger partial charge is 0.219 e. The van der Waals surface area contributed by atoms with Crippen LogP contribution in [0.2, 0.25) is 0 Å².